The summed E-state index contributed by atoms with van der Waals surface area (Å²) < 4.78 is 23.3. The molecule has 2 fully saturated rings. The van der Waals surface area contributed by atoms with E-state index in [0.29, 0.717) is 0 Å². The molecule has 2 rings (SSSR count). The number of ether oxygens (including phenoxy) is 4. The van der Waals surface area contributed by atoms with Crippen molar-refractivity contribution >= 4 is 11.9 Å². The van der Waals surface area contributed by atoms with Gasteiger partial charge in [-0.05, 0) is 19.3 Å². The van der Waals surface area contributed by atoms with Crippen molar-refractivity contribution in [3.63, 3.8) is 0 Å². The number of rotatable bonds is 7. The molecule has 0 unspecified atom stereocenters. The quantitative estimate of drug-likeness (QED) is 0.407. The summed E-state index contributed by atoms with van der Waals surface area (Å²) in [5.74, 6) is -1.04. The highest BCUT2D eigenvalue weighted by atomic mass is 16.7. The first-order valence-corrected chi connectivity index (χ1v) is 13.4. The molecule has 34 heavy (non-hydrogen) atoms. The Hall–Kier alpha value is -1.22. The van der Waals surface area contributed by atoms with Crippen LogP contribution in [0.15, 0.2) is 0 Å². The highest BCUT2D eigenvalue weighted by Gasteiger charge is 2.50. The van der Waals surface area contributed by atoms with E-state index in [1.165, 1.54) is 32.6 Å². The van der Waals surface area contributed by atoms with Crippen molar-refractivity contribution < 1.29 is 38.7 Å². The second-order valence-electron chi connectivity index (χ2n) is 9.72. The largest absolute Gasteiger partial charge is 0.455 e. The minimum absolute atomic E-state index is 0.108. The van der Waals surface area contributed by atoms with Gasteiger partial charge in [0.2, 0.25) is 0 Å². The maximum atomic E-state index is 12.6. The molecule has 6 atom stereocenters. The highest BCUT2D eigenvalue weighted by molar-refractivity contribution is 5.70. The van der Waals surface area contributed by atoms with Gasteiger partial charge in [0.25, 0.3) is 0 Å². The van der Waals surface area contributed by atoms with E-state index in [1.807, 2.05) is 0 Å². The summed E-state index contributed by atoms with van der Waals surface area (Å²) >= 11 is 0. The maximum Gasteiger partial charge on any atom is 0.306 e. The Balaban J connectivity index is 2.22. The van der Waals surface area contributed by atoms with Crippen LogP contribution < -0.4 is 0 Å². The van der Waals surface area contributed by atoms with Crippen LogP contribution in [0.5, 0.6) is 0 Å². The third-order valence-corrected chi connectivity index (χ3v) is 6.73. The number of hydrogen-bond acceptors (Lipinski definition) is 8. The molecule has 0 aliphatic carbocycles. The zero-order valence-electron chi connectivity index (χ0n) is 21.1. The van der Waals surface area contributed by atoms with Gasteiger partial charge in [-0.2, -0.15) is 0 Å². The summed E-state index contributed by atoms with van der Waals surface area (Å²) in [7, 11) is 0. The van der Waals surface area contributed by atoms with Crippen molar-refractivity contribution in [3.05, 3.63) is 0 Å². The molecule has 0 aromatic carbocycles. The van der Waals surface area contributed by atoms with E-state index in [1.54, 1.807) is 0 Å². The Morgan fingerprint density at radius 1 is 1.00 bits per heavy atom. The molecular weight excluding hydrogens is 440 g/mol. The van der Waals surface area contributed by atoms with E-state index in [0.717, 1.165) is 64.2 Å². The molecular formula is C26H46O8. The third kappa shape index (κ3) is 10.2. The first-order chi connectivity index (χ1) is 16.5. The number of unbranched alkanes of at least 4 members (excludes halogenated alkanes) is 3. The lowest BCUT2D eigenvalue weighted by atomic mass is 9.97. The van der Waals surface area contributed by atoms with Crippen molar-refractivity contribution in [1.29, 1.82) is 0 Å². The SMILES string of the molecule is CCCCCC[C@@H]1CCCCCCCCCCC(=O)O[C@H]2[C@H](O1)O[C@H](CO)[C@@H](O)[C@@H]2OC(C)=O. The summed E-state index contributed by atoms with van der Waals surface area (Å²) in [6.07, 6.45) is 9.21. The lowest BCUT2D eigenvalue weighted by Crippen LogP contribution is -2.62. The van der Waals surface area contributed by atoms with Crippen molar-refractivity contribution in [1.82, 2.24) is 0 Å². The van der Waals surface area contributed by atoms with Crippen molar-refractivity contribution in [2.75, 3.05) is 6.61 Å². The van der Waals surface area contributed by atoms with Crippen LogP contribution in [0.3, 0.4) is 0 Å². The molecule has 2 aliphatic rings. The van der Waals surface area contributed by atoms with E-state index >= 15 is 0 Å². The molecule has 0 aromatic rings. The molecule has 198 valence electrons. The van der Waals surface area contributed by atoms with Crippen LogP contribution in [0.1, 0.15) is 110 Å². The van der Waals surface area contributed by atoms with Gasteiger partial charge >= 0.3 is 11.9 Å². The van der Waals surface area contributed by atoms with Gasteiger partial charge in [0, 0.05) is 13.3 Å². The van der Waals surface area contributed by atoms with Gasteiger partial charge in [0.05, 0.1) is 12.7 Å². The van der Waals surface area contributed by atoms with E-state index < -0.39 is 49.3 Å². The number of fused-ring (bicyclic) bond motifs is 1. The average molecular weight is 487 g/mol. The fraction of sp³-hybridized carbons (Fsp3) is 0.923. The fourth-order valence-electron chi connectivity index (χ4n) is 4.78. The second kappa shape index (κ2) is 16.5. The van der Waals surface area contributed by atoms with Crippen LogP contribution in [-0.2, 0) is 28.5 Å². The van der Waals surface area contributed by atoms with Crippen molar-refractivity contribution in [2.45, 2.75) is 147 Å². The molecule has 2 N–H and O–H groups in total. The van der Waals surface area contributed by atoms with Gasteiger partial charge in [-0.3, -0.25) is 9.59 Å². The fourth-order valence-corrected chi connectivity index (χ4v) is 4.78. The minimum atomic E-state index is -1.33. The van der Waals surface area contributed by atoms with Gasteiger partial charge < -0.3 is 29.2 Å². The third-order valence-electron chi connectivity index (χ3n) is 6.73. The number of carbonyl (C=O) groups is 2. The van der Waals surface area contributed by atoms with Crippen molar-refractivity contribution in [2.24, 2.45) is 0 Å². The number of aliphatic hydroxyl groups excluding tert-OH is 2. The Morgan fingerprint density at radius 2 is 1.68 bits per heavy atom. The molecule has 0 saturated carbocycles. The van der Waals surface area contributed by atoms with Crippen LogP contribution in [-0.4, -0.2) is 65.6 Å². The lowest BCUT2D eigenvalue weighted by molar-refractivity contribution is -0.316. The van der Waals surface area contributed by atoms with Crippen LogP contribution in [0.2, 0.25) is 0 Å². The van der Waals surface area contributed by atoms with E-state index in [4.69, 9.17) is 18.9 Å². The Labute approximate surface area is 204 Å². The Bertz CT molecular complexity index is 583. The second-order valence-corrected chi connectivity index (χ2v) is 9.72. The monoisotopic (exact) mass is 486 g/mol. The lowest BCUT2D eigenvalue weighted by Gasteiger charge is -2.43. The zero-order valence-corrected chi connectivity index (χ0v) is 21.1. The summed E-state index contributed by atoms with van der Waals surface area (Å²) in [4.78, 5) is 24.4. The summed E-state index contributed by atoms with van der Waals surface area (Å²) in [5, 5.41) is 20.5. The molecule has 0 amide bonds. The molecule has 8 heteroatoms. The van der Waals surface area contributed by atoms with Gasteiger partial charge in [0.15, 0.2) is 18.5 Å². The zero-order chi connectivity index (χ0) is 24.8. The van der Waals surface area contributed by atoms with Gasteiger partial charge in [-0.15, -0.1) is 0 Å². The van der Waals surface area contributed by atoms with Crippen LogP contribution in [0, 0.1) is 0 Å². The van der Waals surface area contributed by atoms with E-state index in [2.05, 4.69) is 6.92 Å². The summed E-state index contributed by atoms with van der Waals surface area (Å²) in [6.45, 7) is 2.94. The molecule has 0 aromatic heterocycles. The van der Waals surface area contributed by atoms with E-state index in [-0.39, 0.29) is 12.5 Å². The maximum absolute atomic E-state index is 12.6. The predicted octanol–water partition coefficient (Wildman–Crippen LogP) is 4.18. The molecule has 0 bridgehead atoms. The van der Waals surface area contributed by atoms with Crippen molar-refractivity contribution in [3.8, 4) is 0 Å². The standard InChI is InChI=1S/C26H46O8/c1-3-4-5-12-15-20-16-13-10-8-6-7-9-11-14-17-22(29)34-25-24(31-19(2)28)23(30)21(18-27)33-26(25)32-20/h20-21,23-27,30H,3-18H2,1-2H3/t20-,21-,23-,24+,25-,26-/m1/s1. The molecule has 8 nitrogen and oxygen atoms in total. The van der Waals surface area contributed by atoms with Gasteiger partial charge in [0.1, 0.15) is 12.2 Å². The van der Waals surface area contributed by atoms with Crippen LogP contribution in [0.25, 0.3) is 0 Å². The van der Waals surface area contributed by atoms with E-state index in [9.17, 15) is 19.8 Å². The molecule has 2 saturated heterocycles. The average Bonchev–Trinajstić information content (AvgIpc) is 2.80. The number of esters is 2. The Kier molecular flexibility index (Phi) is 14.0. The molecule has 2 aliphatic heterocycles. The topological polar surface area (TPSA) is 112 Å². The first kappa shape index (κ1) is 29.0. The smallest absolute Gasteiger partial charge is 0.306 e. The first-order valence-electron chi connectivity index (χ1n) is 13.4. The minimum Gasteiger partial charge on any atom is -0.455 e. The van der Waals surface area contributed by atoms with Gasteiger partial charge in [-0.1, -0.05) is 77.6 Å². The summed E-state index contributed by atoms with van der Waals surface area (Å²) in [6, 6.07) is 0. The highest BCUT2D eigenvalue weighted by Crippen LogP contribution is 2.30. The number of hydrogen-bond donors (Lipinski definition) is 2. The predicted molar refractivity (Wildman–Crippen MR) is 127 cm³/mol. The molecule has 0 radical (unpaired) electrons. The normalized spacial score (nSPS) is 32.4. The summed E-state index contributed by atoms with van der Waals surface area (Å²) in [5.41, 5.74) is 0. The Morgan fingerprint density at radius 3 is 2.32 bits per heavy atom. The number of aliphatic hydroxyl groups is 2. The van der Waals surface area contributed by atoms with Gasteiger partial charge in [-0.25, -0.2) is 0 Å². The molecule has 2 heterocycles. The van der Waals surface area contributed by atoms with Crippen LogP contribution in [0.4, 0.5) is 0 Å². The number of carbonyl (C=O) groups excluding carboxylic acids is 2. The molecule has 0 spiro atoms. The van der Waals surface area contributed by atoms with Crippen LogP contribution >= 0.6 is 0 Å².